The summed E-state index contributed by atoms with van der Waals surface area (Å²) in [6, 6.07) is 0. The highest BCUT2D eigenvalue weighted by Gasteiger charge is 2.63. The third-order valence-corrected chi connectivity index (χ3v) is 3.51. The largest absolute Gasteiger partial charge is 0.463 e. The Kier molecular flexibility index (Phi) is 4.76. The monoisotopic (exact) mass is 289 g/mol. The molecule has 1 aliphatic carbocycles. The second-order valence-electron chi connectivity index (χ2n) is 4.97. The molecule has 0 aromatic carbocycles. The Morgan fingerprint density at radius 2 is 1.63 bits per heavy atom. The van der Waals surface area contributed by atoms with E-state index in [2.05, 4.69) is 0 Å². The predicted octanol–water partition coefficient (Wildman–Crippen LogP) is 2.24. The van der Waals surface area contributed by atoms with Gasteiger partial charge in [-0.25, -0.2) is 0 Å². The van der Waals surface area contributed by atoms with Crippen LogP contribution in [0.25, 0.3) is 0 Å². The summed E-state index contributed by atoms with van der Waals surface area (Å²) in [7, 11) is 0. The number of hydrogen-bond donors (Lipinski definition) is 2. The quantitative estimate of drug-likeness (QED) is 0.780. The predicted molar refractivity (Wildman–Crippen MR) is 56.6 cm³/mol. The van der Waals surface area contributed by atoms with E-state index in [1.54, 1.807) is 5.32 Å². The molecule has 0 unspecified atom stereocenters. The molecule has 3 nitrogen and oxygen atoms in total. The summed E-state index contributed by atoms with van der Waals surface area (Å²) < 4.78 is 61.3. The fourth-order valence-corrected chi connectivity index (χ4v) is 2.20. The first-order valence-electron chi connectivity index (χ1n) is 5.98. The molecular weight excluding hydrogens is 273 g/mol. The van der Waals surface area contributed by atoms with Crippen molar-refractivity contribution in [2.24, 2.45) is 5.41 Å². The molecule has 1 amide bonds. The summed E-state index contributed by atoms with van der Waals surface area (Å²) in [5.74, 6) is -7.77. The van der Waals surface area contributed by atoms with Gasteiger partial charge in [0.2, 0.25) is 0 Å². The minimum absolute atomic E-state index is 0.342. The van der Waals surface area contributed by atoms with Crippen molar-refractivity contribution in [1.29, 1.82) is 0 Å². The molecule has 0 aliphatic heterocycles. The summed E-state index contributed by atoms with van der Waals surface area (Å²) in [6.45, 7) is -0.709. The van der Waals surface area contributed by atoms with Gasteiger partial charge in [-0.2, -0.15) is 22.0 Å². The summed E-state index contributed by atoms with van der Waals surface area (Å²) in [5.41, 5.74) is -0.782. The fourth-order valence-electron chi connectivity index (χ4n) is 2.20. The summed E-state index contributed by atoms with van der Waals surface area (Å²) >= 11 is 0. The van der Waals surface area contributed by atoms with Crippen LogP contribution in [0.5, 0.6) is 0 Å². The molecule has 0 saturated heterocycles. The smallest absolute Gasteiger partial charge is 0.396 e. The van der Waals surface area contributed by atoms with Gasteiger partial charge in [-0.3, -0.25) is 4.79 Å². The minimum Gasteiger partial charge on any atom is -0.396 e. The number of halogens is 5. The molecule has 1 aliphatic rings. The number of nitrogens with one attached hydrogen (secondary N) is 1. The zero-order valence-corrected chi connectivity index (χ0v) is 10.2. The van der Waals surface area contributed by atoms with Crippen LogP contribution in [0.3, 0.4) is 0 Å². The highest BCUT2D eigenvalue weighted by molar-refractivity contribution is 5.84. The van der Waals surface area contributed by atoms with Crippen LogP contribution >= 0.6 is 0 Å². The van der Waals surface area contributed by atoms with Gasteiger partial charge < -0.3 is 10.4 Å². The number of carbonyl (C=O) groups is 1. The second kappa shape index (κ2) is 5.60. The van der Waals surface area contributed by atoms with E-state index in [9.17, 15) is 31.9 Å². The Hall–Kier alpha value is -0.920. The van der Waals surface area contributed by atoms with E-state index < -0.39 is 23.4 Å². The lowest BCUT2D eigenvalue weighted by atomic mass is 9.74. The van der Waals surface area contributed by atoms with Crippen LogP contribution < -0.4 is 5.32 Å². The summed E-state index contributed by atoms with van der Waals surface area (Å²) in [5, 5.41) is 10.9. The van der Waals surface area contributed by atoms with Gasteiger partial charge in [-0.05, 0) is 12.8 Å². The molecular formula is C11H16F5NO2. The molecule has 1 saturated carbocycles. The number of alkyl halides is 5. The molecule has 1 fully saturated rings. The molecule has 0 spiro atoms. The fraction of sp³-hybridized carbons (Fsp3) is 0.909. The molecule has 112 valence electrons. The minimum atomic E-state index is -5.91. The van der Waals surface area contributed by atoms with Gasteiger partial charge in [0, 0.05) is 12.0 Å². The average molecular weight is 289 g/mol. The van der Waals surface area contributed by atoms with Crippen molar-refractivity contribution >= 4 is 5.91 Å². The molecule has 0 atom stereocenters. The Morgan fingerprint density at radius 1 is 1.11 bits per heavy atom. The lowest BCUT2D eigenvalue weighted by Crippen LogP contribution is -2.53. The standard InChI is InChI=1S/C11H16F5NO2/c12-10(13,11(14,15)16)8(19)17-6-9(7-18)4-2-1-3-5-9/h18H,1-7H2,(H,17,19). The Bertz CT molecular complexity index is 324. The van der Waals surface area contributed by atoms with Crippen molar-refractivity contribution in [3.8, 4) is 0 Å². The zero-order valence-electron chi connectivity index (χ0n) is 10.2. The maximum atomic E-state index is 12.7. The Morgan fingerprint density at radius 3 is 2.05 bits per heavy atom. The van der Waals surface area contributed by atoms with Gasteiger partial charge in [0.05, 0.1) is 6.61 Å². The van der Waals surface area contributed by atoms with E-state index in [4.69, 9.17) is 0 Å². The number of rotatable bonds is 4. The van der Waals surface area contributed by atoms with Crippen molar-refractivity contribution in [2.75, 3.05) is 13.2 Å². The number of aliphatic hydroxyl groups is 1. The van der Waals surface area contributed by atoms with Crippen LogP contribution in [-0.2, 0) is 4.79 Å². The van der Waals surface area contributed by atoms with Gasteiger partial charge in [-0.15, -0.1) is 0 Å². The van der Waals surface area contributed by atoms with Crippen molar-refractivity contribution < 1.29 is 31.9 Å². The molecule has 0 aromatic heterocycles. The number of aliphatic hydroxyl groups excluding tert-OH is 1. The molecule has 0 aromatic rings. The van der Waals surface area contributed by atoms with Crippen LogP contribution in [0.15, 0.2) is 0 Å². The van der Waals surface area contributed by atoms with Crippen molar-refractivity contribution in [3.63, 3.8) is 0 Å². The average Bonchev–Trinajstić information content (AvgIpc) is 2.35. The molecule has 0 radical (unpaired) electrons. The molecule has 19 heavy (non-hydrogen) atoms. The van der Waals surface area contributed by atoms with E-state index in [0.29, 0.717) is 12.8 Å². The van der Waals surface area contributed by atoms with E-state index in [-0.39, 0.29) is 13.2 Å². The first kappa shape index (κ1) is 16.1. The van der Waals surface area contributed by atoms with E-state index in [1.165, 1.54) is 0 Å². The molecule has 0 heterocycles. The molecule has 1 rings (SSSR count). The Labute approximate surface area is 107 Å². The maximum Gasteiger partial charge on any atom is 0.463 e. The number of amides is 1. The van der Waals surface area contributed by atoms with E-state index in [1.807, 2.05) is 0 Å². The van der Waals surface area contributed by atoms with Crippen LogP contribution in [0.1, 0.15) is 32.1 Å². The molecule has 0 bridgehead atoms. The zero-order chi connectivity index (χ0) is 14.7. The summed E-state index contributed by atoms with van der Waals surface area (Å²) in [4.78, 5) is 10.9. The summed E-state index contributed by atoms with van der Waals surface area (Å²) in [6.07, 6.45) is -2.47. The van der Waals surface area contributed by atoms with Crippen molar-refractivity contribution in [3.05, 3.63) is 0 Å². The van der Waals surface area contributed by atoms with Gasteiger partial charge in [-0.1, -0.05) is 19.3 Å². The highest BCUT2D eigenvalue weighted by atomic mass is 19.4. The number of hydrogen-bond acceptors (Lipinski definition) is 2. The lowest BCUT2D eigenvalue weighted by molar-refractivity contribution is -0.270. The number of carbonyl (C=O) groups excluding carboxylic acids is 1. The topological polar surface area (TPSA) is 49.3 Å². The van der Waals surface area contributed by atoms with Crippen LogP contribution in [0, 0.1) is 5.41 Å². The van der Waals surface area contributed by atoms with Crippen LogP contribution in [0.4, 0.5) is 22.0 Å². The maximum absolute atomic E-state index is 12.7. The van der Waals surface area contributed by atoms with Crippen molar-refractivity contribution in [1.82, 2.24) is 5.32 Å². The lowest BCUT2D eigenvalue weighted by Gasteiger charge is -2.36. The van der Waals surface area contributed by atoms with Gasteiger partial charge >= 0.3 is 12.1 Å². The Balaban J connectivity index is 2.62. The van der Waals surface area contributed by atoms with Crippen LogP contribution in [0.2, 0.25) is 0 Å². The SMILES string of the molecule is O=C(NCC1(CO)CCCCC1)C(F)(F)C(F)(F)F. The van der Waals surface area contributed by atoms with Gasteiger partial charge in [0.1, 0.15) is 0 Å². The van der Waals surface area contributed by atoms with Gasteiger partial charge in [0.25, 0.3) is 5.91 Å². The first-order valence-corrected chi connectivity index (χ1v) is 5.98. The van der Waals surface area contributed by atoms with Gasteiger partial charge in [0.15, 0.2) is 0 Å². The van der Waals surface area contributed by atoms with Crippen molar-refractivity contribution in [2.45, 2.75) is 44.2 Å². The van der Waals surface area contributed by atoms with Crippen LogP contribution in [-0.4, -0.2) is 36.3 Å². The van der Waals surface area contributed by atoms with E-state index >= 15 is 0 Å². The molecule has 8 heteroatoms. The third kappa shape index (κ3) is 3.55. The third-order valence-electron chi connectivity index (χ3n) is 3.51. The van der Waals surface area contributed by atoms with E-state index in [0.717, 1.165) is 19.3 Å². The second-order valence-corrected chi connectivity index (χ2v) is 4.97. The first-order chi connectivity index (χ1) is 8.65. The normalized spacial score (nSPS) is 20.1. The highest BCUT2D eigenvalue weighted by Crippen LogP contribution is 2.37. The molecule has 2 N–H and O–H groups in total.